The molecule has 5 nitrogen and oxygen atoms in total. The number of nitrogens with zero attached hydrogens (tertiary/aromatic N) is 2. The highest BCUT2D eigenvalue weighted by Crippen LogP contribution is 2.28. The first kappa shape index (κ1) is 21.4. The predicted octanol–water partition coefficient (Wildman–Crippen LogP) is 4.34. The molecule has 1 aliphatic rings. The Kier molecular flexibility index (Phi) is 6.94. The average molecular weight is 412 g/mol. The monoisotopic (exact) mass is 411 g/mol. The minimum Gasteiger partial charge on any atom is -0.300 e. The summed E-state index contributed by atoms with van der Waals surface area (Å²) in [6.07, 6.45) is 5.44. The highest BCUT2D eigenvalue weighted by molar-refractivity contribution is 7.92. The SMILES string of the molecule is CCCN(CCC)[C@@H]1CCc2ccc(NS(=O)(=O)c3ccc(C#N)cc3)cc2C1. The summed E-state index contributed by atoms with van der Waals surface area (Å²) in [6.45, 7) is 6.66. The molecule has 0 aliphatic heterocycles. The van der Waals surface area contributed by atoms with Crippen molar-refractivity contribution in [3.8, 4) is 6.07 Å². The Morgan fingerprint density at radius 3 is 2.38 bits per heavy atom. The molecule has 0 bridgehead atoms. The summed E-state index contributed by atoms with van der Waals surface area (Å²) in [6, 6.07) is 14.4. The van der Waals surface area contributed by atoms with E-state index < -0.39 is 10.0 Å². The normalized spacial score (nSPS) is 16.3. The fourth-order valence-corrected chi connectivity index (χ4v) is 5.14. The van der Waals surface area contributed by atoms with Crippen LogP contribution in [-0.4, -0.2) is 32.4 Å². The van der Waals surface area contributed by atoms with E-state index in [-0.39, 0.29) is 4.90 Å². The van der Waals surface area contributed by atoms with Crippen LogP contribution in [0.2, 0.25) is 0 Å². The second kappa shape index (κ2) is 9.43. The summed E-state index contributed by atoms with van der Waals surface area (Å²) < 4.78 is 28.1. The van der Waals surface area contributed by atoms with E-state index in [9.17, 15) is 8.42 Å². The fraction of sp³-hybridized carbons (Fsp3) is 0.435. The van der Waals surface area contributed by atoms with Gasteiger partial charge in [0.25, 0.3) is 10.0 Å². The van der Waals surface area contributed by atoms with Gasteiger partial charge >= 0.3 is 0 Å². The third kappa shape index (κ3) is 5.17. The lowest BCUT2D eigenvalue weighted by Crippen LogP contribution is -2.40. The van der Waals surface area contributed by atoms with Gasteiger partial charge in [0.15, 0.2) is 0 Å². The van der Waals surface area contributed by atoms with Crippen molar-refractivity contribution < 1.29 is 8.42 Å². The van der Waals surface area contributed by atoms with Crippen LogP contribution in [0.5, 0.6) is 0 Å². The van der Waals surface area contributed by atoms with Crippen LogP contribution in [-0.2, 0) is 22.9 Å². The predicted molar refractivity (Wildman–Crippen MR) is 116 cm³/mol. The highest BCUT2D eigenvalue weighted by Gasteiger charge is 2.24. The van der Waals surface area contributed by atoms with Gasteiger partial charge in [0.2, 0.25) is 0 Å². The van der Waals surface area contributed by atoms with Crippen LogP contribution in [0.3, 0.4) is 0 Å². The summed E-state index contributed by atoms with van der Waals surface area (Å²) in [4.78, 5) is 2.74. The molecule has 6 heteroatoms. The number of benzene rings is 2. The highest BCUT2D eigenvalue weighted by atomic mass is 32.2. The number of aryl methyl sites for hydroxylation is 1. The summed E-state index contributed by atoms with van der Waals surface area (Å²) in [5.74, 6) is 0. The molecule has 3 rings (SSSR count). The van der Waals surface area contributed by atoms with E-state index in [0.717, 1.165) is 45.2 Å². The first-order valence-electron chi connectivity index (χ1n) is 10.4. The molecular weight excluding hydrogens is 382 g/mol. The minimum atomic E-state index is -3.68. The van der Waals surface area contributed by atoms with E-state index in [1.165, 1.54) is 35.4 Å². The number of anilines is 1. The van der Waals surface area contributed by atoms with Gasteiger partial charge < -0.3 is 4.90 Å². The van der Waals surface area contributed by atoms with Crippen LogP contribution in [0.1, 0.15) is 49.8 Å². The van der Waals surface area contributed by atoms with E-state index in [2.05, 4.69) is 23.5 Å². The van der Waals surface area contributed by atoms with Crippen molar-refractivity contribution in [3.63, 3.8) is 0 Å². The second-order valence-electron chi connectivity index (χ2n) is 7.66. The number of hydrogen-bond donors (Lipinski definition) is 1. The molecule has 154 valence electrons. The summed E-state index contributed by atoms with van der Waals surface area (Å²) in [5, 5.41) is 8.89. The maximum absolute atomic E-state index is 12.7. The molecule has 0 radical (unpaired) electrons. The number of fused-ring (bicyclic) bond motifs is 1. The Bertz CT molecular complexity index is 972. The molecule has 0 saturated heterocycles. The first-order valence-corrected chi connectivity index (χ1v) is 11.8. The molecule has 0 fully saturated rings. The minimum absolute atomic E-state index is 0.157. The van der Waals surface area contributed by atoms with Crippen molar-refractivity contribution in [2.75, 3.05) is 17.8 Å². The molecule has 0 saturated carbocycles. The lowest BCUT2D eigenvalue weighted by atomic mass is 9.87. The zero-order chi connectivity index (χ0) is 20.9. The standard InChI is InChI=1S/C23H29N3O2S/c1-3-13-26(14-4-2)22-10-8-19-7-9-21(15-20(19)16-22)25-29(27,28)23-11-5-18(17-24)6-12-23/h5-7,9,11-12,15,22,25H,3-4,8,10,13-14,16H2,1-2H3/t22-/m1/s1. The van der Waals surface area contributed by atoms with Crippen molar-refractivity contribution in [3.05, 3.63) is 59.2 Å². The number of hydrogen-bond acceptors (Lipinski definition) is 4. The van der Waals surface area contributed by atoms with Crippen LogP contribution in [0, 0.1) is 11.3 Å². The molecular formula is C23H29N3O2S. The van der Waals surface area contributed by atoms with Crippen molar-refractivity contribution >= 4 is 15.7 Å². The van der Waals surface area contributed by atoms with Crippen LogP contribution in [0.25, 0.3) is 0 Å². The third-order valence-corrected chi connectivity index (χ3v) is 6.89. The topological polar surface area (TPSA) is 73.2 Å². The van der Waals surface area contributed by atoms with E-state index in [0.29, 0.717) is 17.3 Å². The van der Waals surface area contributed by atoms with Crippen molar-refractivity contribution in [1.29, 1.82) is 5.26 Å². The maximum atomic E-state index is 12.7. The average Bonchev–Trinajstić information content (AvgIpc) is 2.73. The number of nitriles is 1. The molecule has 0 unspecified atom stereocenters. The maximum Gasteiger partial charge on any atom is 0.261 e. The quantitative estimate of drug-likeness (QED) is 0.701. The second-order valence-corrected chi connectivity index (χ2v) is 9.34. The number of sulfonamides is 1. The molecule has 2 aromatic carbocycles. The van der Waals surface area contributed by atoms with Gasteiger partial charge in [0.1, 0.15) is 0 Å². The Labute approximate surface area is 174 Å². The molecule has 1 aliphatic carbocycles. The molecule has 1 N–H and O–H groups in total. The van der Waals surface area contributed by atoms with Crippen LogP contribution in [0.15, 0.2) is 47.4 Å². The Balaban J connectivity index is 1.78. The summed E-state index contributed by atoms with van der Waals surface area (Å²) >= 11 is 0. The van der Waals surface area contributed by atoms with Gasteiger partial charge in [-0.2, -0.15) is 5.26 Å². The van der Waals surface area contributed by atoms with Gasteiger partial charge in [0, 0.05) is 11.7 Å². The van der Waals surface area contributed by atoms with Gasteiger partial charge in [-0.15, -0.1) is 0 Å². The van der Waals surface area contributed by atoms with Crippen LogP contribution >= 0.6 is 0 Å². The summed E-state index contributed by atoms with van der Waals surface area (Å²) in [7, 11) is -3.68. The van der Waals surface area contributed by atoms with E-state index in [4.69, 9.17) is 5.26 Å². The van der Waals surface area contributed by atoms with Gasteiger partial charge in [-0.05, 0) is 92.7 Å². The molecule has 1 atom stereocenters. The molecule has 0 aromatic heterocycles. The van der Waals surface area contributed by atoms with E-state index in [1.54, 1.807) is 0 Å². The van der Waals surface area contributed by atoms with Crippen molar-refractivity contribution in [1.82, 2.24) is 4.90 Å². The van der Waals surface area contributed by atoms with Crippen LogP contribution in [0.4, 0.5) is 5.69 Å². The molecule has 0 spiro atoms. The lowest BCUT2D eigenvalue weighted by Gasteiger charge is -2.35. The largest absolute Gasteiger partial charge is 0.300 e. The smallest absolute Gasteiger partial charge is 0.261 e. The van der Waals surface area contributed by atoms with Gasteiger partial charge in [0.05, 0.1) is 16.5 Å². The summed E-state index contributed by atoms with van der Waals surface area (Å²) in [5.41, 5.74) is 3.58. The number of nitrogens with one attached hydrogen (secondary N) is 1. The third-order valence-electron chi connectivity index (χ3n) is 5.49. The lowest BCUT2D eigenvalue weighted by molar-refractivity contribution is 0.180. The van der Waals surface area contributed by atoms with Crippen molar-refractivity contribution in [2.45, 2.75) is 56.9 Å². The van der Waals surface area contributed by atoms with Gasteiger partial charge in [-0.3, -0.25) is 4.72 Å². The zero-order valence-corrected chi connectivity index (χ0v) is 18.0. The molecule has 2 aromatic rings. The Morgan fingerprint density at radius 1 is 1.07 bits per heavy atom. The molecule has 29 heavy (non-hydrogen) atoms. The Morgan fingerprint density at radius 2 is 1.76 bits per heavy atom. The van der Waals surface area contributed by atoms with E-state index >= 15 is 0 Å². The molecule has 0 heterocycles. The van der Waals surface area contributed by atoms with Crippen LogP contribution < -0.4 is 4.72 Å². The van der Waals surface area contributed by atoms with Gasteiger partial charge in [-0.1, -0.05) is 19.9 Å². The number of rotatable bonds is 8. The fourth-order valence-electron chi connectivity index (χ4n) is 4.09. The first-order chi connectivity index (χ1) is 14.0. The van der Waals surface area contributed by atoms with Crippen molar-refractivity contribution in [2.24, 2.45) is 0 Å². The zero-order valence-electron chi connectivity index (χ0n) is 17.2. The van der Waals surface area contributed by atoms with Gasteiger partial charge in [-0.25, -0.2) is 8.42 Å². The molecule has 0 amide bonds. The van der Waals surface area contributed by atoms with E-state index in [1.807, 2.05) is 24.3 Å². The Hall–Kier alpha value is -2.36.